The maximum absolute atomic E-state index is 12.8. The largest absolute Gasteiger partial charge is 0.481 e. The van der Waals surface area contributed by atoms with Crippen LogP contribution < -0.4 is 4.74 Å². The number of carbonyl (C=O) groups excluding carboxylic acids is 1. The summed E-state index contributed by atoms with van der Waals surface area (Å²) in [5.41, 5.74) is -0.0130. The van der Waals surface area contributed by atoms with Gasteiger partial charge in [-0.15, -0.1) is 0 Å². The molecule has 0 radical (unpaired) electrons. The van der Waals surface area contributed by atoms with E-state index in [9.17, 15) is 25.0 Å². The quantitative estimate of drug-likeness (QED) is 0.346. The van der Waals surface area contributed by atoms with E-state index in [0.717, 1.165) is 23.8 Å². The van der Waals surface area contributed by atoms with E-state index in [4.69, 9.17) is 9.47 Å². The van der Waals surface area contributed by atoms with E-state index in [1.165, 1.54) is 0 Å². The van der Waals surface area contributed by atoms with Gasteiger partial charge in [0, 0.05) is 17.7 Å². The molecule has 0 N–H and O–H groups in total. The Labute approximate surface area is 169 Å². The van der Waals surface area contributed by atoms with Crippen molar-refractivity contribution in [2.75, 3.05) is 0 Å². The molecule has 1 heterocycles. The van der Waals surface area contributed by atoms with Crippen LogP contribution in [0.3, 0.4) is 0 Å². The lowest BCUT2D eigenvalue weighted by molar-refractivity contribution is -0.394. The summed E-state index contributed by atoms with van der Waals surface area (Å²) in [6, 6.07) is 18.9. The fraction of sp³-hybridized carbons (Fsp3) is 0.0952. The summed E-state index contributed by atoms with van der Waals surface area (Å²) >= 11 is 0. The minimum absolute atomic E-state index is 0.285. The SMILES string of the molecule is O=C(O[C@@H]1c2ccccc2O[C@H]1c1ccccc1)c1cc([N+](=O)[O-])cc([N+](=O)[O-])c1. The first kappa shape index (κ1) is 19.1. The van der Waals surface area contributed by atoms with Gasteiger partial charge in [-0.3, -0.25) is 20.2 Å². The van der Waals surface area contributed by atoms with Crippen LogP contribution in [0.25, 0.3) is 0 Å². The molecule has 0 bridgehead atoms. The highest BCUT2D eigenvalue weighted by atomic mass is 16.6. The van der Waals surface area contributed by atoms with Crippen LogP contribution in [0.1, 0.15) is 33.7 Å². The summed E-state index contributed by atoms with van der Waals surface area (Å²) in [5, 5.41) is 22.2. The number of esters is 1. The zero-order chi connectivity index (χ0) is 21.3. The molecule has 1 aliphatic heterocycles. The molecule has 2 atom stereocenters. The Morgan fingerprint density at radius 3 is 2.10 bits per heavy atom. The number of ether oxygens (including phenoxy) is 2. The number of nitro groups is 2. The third-order valence-electron chi connectivity index (χ3n) is 4.68. The van der Waals surface area contributed by atoms with Gasteiger partial charge in [0.05, 0.1) is 21.5 Å². The van der Waals surface area contributed by atoms with E-state index in [-0.39, 0.29) is 5.56 Å². The molecule has 0 unspecified atom stereocenters. The highest BCUT2D eigenvalue weighted by Gasteiger charge is 2.38. The molecule has 3 aromatic rings. The summed E-state index contributed by atoms with van der Waals surface area (Å²) in [5.74, 6) is -0.373. The van der Waals surface area contributed by atoms with Crippen LogP contribution >= 0.6 is 0 Å². The Hall–Kier alpha value is -4.27. The predicted molar refractivity (Wildman–Crippen MR) is 104 cm³/mol. The first-order chi connectivity index (χ1) is 14.4. The number of hydrogen-bond acceptors (Lipinski definition) is 7. The van der Waals surface area contributed by atoms with Crippen molar-refractivity contribution >= 4 is 17.3 Å². The summed E-state index contributed by atoms with van der Waals surface area (Å²) < 4.78 is 11.6. The van der Waals surface area contributed by atoms with Crippen molar-refractivity contribution in [3.63, 3.8) is 0 Å². The normalized spacial score (nSPS) is 16.9. The Morgan fingerprint density at radius 1 is 0.867 bits per heavy atom. The van der Waals surface area contributed by atoms with Gasteiger partial charge in [0.25, 0.3) is 11.4 Å². The molecular weight excluding hydrogens is 392 g/mol. The number of benzene rings is 3. The summed E-state index contributed by atoms with van der Waals surface area (Å²) in [6.45, 7) is 0. The van der Waals surface area contributed by atoms with Gasteiger partial charge in [0.2, 0.25) is 0 Å². The fourth-order valence-corrected chi connectivity index (χ4v) is 3.30. The third kappa shape index (κ3) is 3.55. The van der Waals surface area contributed by atoms with Crippen molar-refractivity contribution in [2.45, 2.75) is 12.2 Å². The average Bonchev–Trinajstić information content (AvgIpc) is 3.12. The first-order valence-corrected chi connectivity index (χ1v) is 8.89. The van der Waals surface area contributed by atoms with E-state index in [1.54, 1.807) is 24.3 Å². The standard InChI is InChI=1S/C21H14N2O7/c24-21(14-10-15(22(25)26)12-16(11-14)23(27)28)30-20-17-8-4-5-9-18(17)29-19(20)13-6-2-1-3-7-13/h1-12,19-20H/t19-,20+/m0/s1. The summed E-state index contributed by atoms with van der Waals surface area (Å²) in [7, 11) is 0. The van der Waals surface area contributed by atoms with Crippen LogP contribution in [0.5, 0.6) is 5.75 Å². The van der Waals surface area contributed by atoms with Crippen molar-refractivity contribution in [3.8, 4) is 5.75 Å². The molecule has 0 spiro atoms. The number of rotatable bonds is 5. The lowest BCUT2D eigenvalue weighted by Gasteiger charge is -2.20. The molecule has 3 aromatic carbocycles. The van der Waals surface area contributed by atoms with Gasteiger partial charge in [-0.1, -0.05) is 48.5 Å². The molecule has 0 amide bonds. The van der Waals surface area contributed by atoms with Crippen molar-refractivity contribution < 1.29 is 24.1 Å². The second-order valence-electron chi connectivity index (χ2n) is 6.57. The van der Waals surface area contributed by atoms with Crippen LogP contribution in [-0.4, -0.2) is 15.8 Å². The van der Waals surface area contributed by atoms with Crippen LogP contribution in [0, 0.1) is 20.2 Å². The maximum Gasteiger partial charge on any atom is 0.339 e. The zero-order valence-corrected chi connectivity index (χ0v) is 15.3. The van der Waals surface area contributed by atoms with E-state index in [2.05, 4.69) is 0 Å². The highest BCUT2D eigenvalue weighted by Crippen LogP contribution is 2.46. The van der Waals surface area contributed by atoms with Crippen LogP contribution in [-0.2, 0) is 4.74 Å². The van der Waals surface area contributed by atoms with Crippen LogP contribution in [0.2, 0.25) is 0 Å². The van der Waals surface area contributed by atoms with E-state index in [1.807, 2.05) is 30.3 Å². The van der Waals surface area contributed by atoms with Crippen LogP contribution in [0.15, 0.2) is 72.8 Å². The minimum atomic E-state index is -0.923. The molecule has 0 aliphatic carbocycles. The monoisotopic (exact) mass is 406 g/mol. The Balaban J connectivity index is 1.70. The molecule has 4 rings (SSSR count). The molecular formula is C21H14N2O7. The summed E-state index contributed by atoms with van der Waals surface area (Å²) in [6.07, 6.45) is -1.45. The lowest BCUT2D eigenvalue weighted by atomic mass is 10.0. The smallest absolute Gasteiger partial charge is 0.339 e. The molecule has 150 valence electrons. The van der Waals surface area contributed by atoms with Crippen molar-refractivity contribution in [1.82, 2.24) is 0 Å². The molecule has 30 heavy (non-hydrogen) atoms. The lowest BCUT2D eigenvalue weighted by Crippen LogP contribution is -2.17. The minimum Gasteiger partial charge on any atom is -0.481 e. The van der Waals surface area contributed by atoms with Crippen LogP contribution in [0.4, 0.5) is 11.4 Å². The first-order valence-electron chi connectivity index (χ1n) is 8.89. The number of para-hydroxylation sites is 1. The van der Waals surface area contributed by atoms with Gasteiger partial charge in [-0.05, 0) is 11.6 Å². The Morgan fingerprint density at radius 2 is 1.47 bits per heavy atom. The molecule has 9 nitrogen and oxygen atoms in total. The van der Waals surface area contributed by atoms with Crippen molar-refractivity contribution in [1.29, 1.82) is 0 Å². The molecule has 0 saturated heterocycles. The number of non-ortho nitro benzene ring substituents is 2. The molecule has 9 heteroatoms. The van der Waals surface area contributed by atoms with Gasteiger partial charge in [-0.2, -0.15) is 0 Å². The maximum atomic E-state index is 12.8. The number of fused-ring (bicyclic) bond motifs is 1. The topological polar surface area (TPSA) is 122 Å². The Kier molecular flexibility index (Phi) is 4.85. The van der Waals surface area contributed by atoms with Gasteiger partial charge in [0.1, 0.15) is 5.75 Å². The third-order valence-corrected chi connectivity index (χ3v) is 4.68. The average molecular weight is 406 g/mol. The second-order valence-corrected chi connectivity index (χ2v) is 6.57. The van der Waals surface area contributed by atoms with E-state index >= 15 is 0 Å². The highest BCUT2D eigenvalue weighted by molar-refractivity contribution is 5.91. The number of nitro benzene ring substituents is 2. The van der Waals surface area contributed by atoms with E-state index < -0.39 is 39.4 Å². The van der Waals surface area contributed by atoms with Crippen molar-refractivity contribution in [2.24, 2.45) is 0 Å². The molecule has 0 saturated carbocycles. The number of nitrogens with zero attached hydrogens (tertiary/aromatic N) is 2. The fourth-order valence-electron chi connectivity index (χ4n) is 3.30. The summed E-state index contributed by atoms with van der Waals surface area (Å²) in [4.78, 5) is 33.4. The zero-order valence-electron chi connectivity index (χ0n) is 15.3. The predicted octanol–water partition coefficient (Wildman–Crippen LogP) is 4.53. The van der Waals surface area contributed by atoms with Gasteiger partial charge >= 0.3 is 5.97 Å². The van der Waals surface area contributed by atoms with Gasteiger partial charge in [-0.25, -0.2) is 4.79 Å². The second kappa shape index (κ2) is 7.63. The number of carbonyl (C=O) groups is 1. The molecule has 0 aromatic heterocycles. The van der Waals surface area contributed by atoms with Crippen molar-refractivity contribution in [3.05, 3.63) is 110 Å². The Bertz CT molecular complexity index is 1110. The number of hydrogen-bond donors (Lipinski definition) is 0. The van der Waals surface area contributed by atoms with Gasteiger partial charge < -0.3 is 9.47 Å². The molecule has 0 fully saturated rings. The van der Waals surface area contributed by atoms with Gasteiger partial charge in [0.15, 0.2) is 12.2 Å². The molecule has 1 aliphatic rings. The van der Waals surface area contributed by atoms with E-state index in [0.29, 0.717) is 11.3 Å².